The molecule has 0 aromatic heterocycles. The third-order valence-corrected chi connectivity index (χ3v) is 2.79. The van der Waals surface area contributed by atoms with Crippen molar-refractivity contribution >= 4 is 11.8 Å². The van der Waals surface area contributed by atoms with Crippen LogP contribution in [0.25, 0.3) is 0 Å². The molecular formula is C12H13FN2O3. The number of piperidine rings is 1. The highest BCUT2D eigenvalue weighted by Crippen LogP contribution is 2.18. The van der Waals surface area contributed by atoms with E-state index < -0.39 is 17.8 Å². The van der Waals surface area contributed by atoms with Gasteiger partial charge in [-0.25, -0.2) is 4.39 Å². The number of halogens is 1. The van der Waals surface area contributed by atoms with Crippen LogP contribution in [0.2, 0.25) is 0 Å². The molecule has 0 bridgehead atoms. The van der Waals surface area contributed by atoms with Gasteiger partial charge in [0.15, 0.2) is 0 Å². The molecule has 6 heteroatoms. The number of rotatable bonds is 2. The molecular weight excluding hydrogens is 239 g/mol. The van der Waals surface area contributed by atoms with Crippen molar-refractivity contribution in [1.29, 1.82) is 0 Å². The topological polar surface area (TPSA) is 78.4 Å². The summed E-state index contributed by atoms with van der Waals surface area (Å²) in [6.45, 7) is 0.594. The molecule has 3 N–H and O–H groups in total. The summed E-state index contributed by atoms with van der Waals surface area (Å²) >= 11 is 0. The molecule has 0 spiro atoms. The Labute approximate surface area is 103 Å². The second-order valence-electron chi connectivity index (χ2n) is 4.12. The summed E-state index contributed by atoms with van der Waals surface area (Å²) in [4.78, 5) is 23.3. The van der Waals surface area contributed by atoms with Gasteiger partial charge in [0.1, 0.15) is 17.6 Å². The van der Waals surface area contributed by atoms with E-state index in [-0.39, 0.29) is 17.2 Å². The summed E-state index contributed by atoms with van der Waals surface area (Å²) in [5, 5.41) is 14.6. The quantitative estimate of drug-likeness (QED) is 0.718. The van der Waals surface area contributed by atoms with Gasteiger partial charge in [0.2, 0.25) is 5.91 Å². The van der Waals surface area contributed by atoms with Crippen LogP contribution in [0.15, 0.2) is 18.2 Å². The molecule has 5 nitrogen and oxygen atoms in total. The predicted octanol–water partition coefficient (Wildman–Crippen LogP) is 0.540. The summed E-state index contributed by atoms with van der Waals surface area (Å²) in [7, 11) is 0. The van der Waals surface area contributed by atoms with Gasteiger partial charge < -0.3 is 15.7 Å². The molecule has 1 aromatic carbocycles. The fourth-order valence-electron chi connectivity index (χ4n) is 1.84. The van der Waals surface area contributed by atoms with Crippen molar-refractivity contribution in [3.63, 3.8) is 0 Å². The Bertz CT molecular complexity index is 490. The van der Waals surface area contributed by atoms with Gasteiger partial charge in [0.05, 0.1) is 5.56 Å². The maximum atomic E-state index is 13.0. The van der Waals surface area contributed by atoms with Crippen LogP contribution in [0.1, 0.15) is 23.2 Å². The molecule has 2 rings (SSSR count). The van der Waals surface area contributed by atoms with Crippen molar-refractivity contribution in [3.8, 4) is 5.75 Å². The van der Waals surface area contributed by atoms with Gasteiger partial charge in [-0.05, 0) is 31.0 Å². The standard InChI is InChI=1S/C12H13FN2O3/c13-7-3-4-10(16)8(6-7)11(17)15-9-2-1-5-14-12(9)18/h3-4,6,9,16H,1-2,5H2,(H,14,18)(H,15,17). The minimum atomic E-state index is -0.658. The Hall–Kier alpha value is -2.11. The first kappa shape index (κ1) is 12.3. The van der Waals surface area contributed by atoms with E-state index in [2.05, 4.69) is 10.6 Å². The SMILES string of the molecule is O=C(NC1CCCNC1=O)c1cc(F)ccc1O. The lowest BCUT2D eigenvalue weighted by Gasteiger charge is -2.22. The number of nitrogens with one attached hydrogen (secondary N) is 2. The average molecular weight is 252 g/mol. The maximum absolute atomic E-state index is 13.0. The molecule has 96 valence electrons. The number of carbonyl (C=O) groups excluding carboxylic acids is 2. The fraction of sp³-hybridized carbons (Fsp3) is 0.333. The van der Waals surface area contributed by atoms with Gasteiger partial charge in [-0.15, -0.1) is 0 Å². The van der Waals surface area contributed by atoms with Crippen LogP contribution < -0.4 is 10.6 Å². The first-order valence-corrected chi connectivity index (χ1v) is 5.65. The number of hydrogen-bond acceptors (Lipinski definition) is 3. The zero-order valence-electron chi connectivity index (χ0n) is 9.57. The molecule has 1 fully saturated rings. The number of phenols is 1. The van der Waals surface area contributed by atoms with Crippen molar-refractivity contribution in [3.05, 3.63) is 29.6 Å². The highest BCUT2D eigenvalue weighted by atomic mass is 19.1. The second kappa shape index (κ2) is 5.03. The molecule has 18 heavy (non-hydrogen) atoms. The number of aromatic hydroxyl groups is 1. The van der Waals surface area contributed by atoms with E-state index in [0.29, 0.717) is 13.0 Å². The zero-order valence-corrected chi connectivity index (χ0v) is 9.57. The van der Waals surface area contributed by atoms with E-state index in [1.807, 2.05) is 0 Å². The van der Waals surface area contributed by atoms with Crippen LogP contribution in [0.3, 0.4) is 0 Å². The average Bonchev–Trinajstić information content (AvgIpc) is 2.35. The number of hydrogen-bond donors (Lipinski definition) is 3. The third-order valence-electron chi connectivity index (χ3n) is 2.79. The van der Waals surface area contributed by atoms with Crippen LogP contribution in [0.5, 0.6) is 5.75 Å². The number of benzene rings is 1. The van der Waals surface area contributed by atoms with Gasteiger partial charge in [-0.2, -0.15) is 0 Å². The highest BCUT2D eigenvalue weighted by Gasteiger charge is 2.25. The third kappa shape index (κ3) is 2.58. The maximum Gasteiger partial charge on any atom is 0.255 e. The molecule has 1 aromatic rings. The van der Waals surface area contributed by atoms with E-state index in [0.717, 1.165) is 24.6 Å². The molecule has 0 radical (unpaired) electrons. The summed E-state index contributed by atoms with van der Waals surface area (Å²) in [6, 6.07) is 2.46. The molecule has 1 unspecified atom stereocenters. The summed E-state index contributed by atoms with van der Waals surface area (Å²) in [6.07, 6.45) is 1.31. The highest BCUT2D eigenvalue weighted by molar-refractivity contribution is 5.99. The monoisotopic (exact) mass is 252 g/mol. The Morgan fingerprint density at radius 2 is 2.28 bits per heavy atom. The Kier molecular flexibility index (Phi) is 3.45. The molecule has 1 saturated heterocycles. The van der Waals surface area contributed by atoms with Crippen LogP contribution in [0, 0.1) is 5.82 Å². The number of carbonyl (C=O) groups is 2. The predicted molar refractivity (Wildman–Crippen MR) is 61.6 cm³/mol. The number of amides is 2. The van der Waals surface area contributed by atoms with E-state index in [4.69, 9.17) is 0 Å². The van der Waals surface area contributed by atoms with E-state index >= 15 is 0 Å². The second-order valence-corrected chi connectivity index (χ2v) is 4.12. The van der Waals surface area contributed by atoms with Crippen LogP contribution in [-0.4, -0.2) is 29.5 Å². The van der Waals surface area contributed by atoms with Gasteiger partial charge in [-0.3, -0.25) is 9.59 Å². The number of phenolic OH excluding ortho intramolecular Hbond substituents is 1. The summed E-state index contributed by atoms with van der Waals surface area (Å²) < 4.78 is 13.0. The normalized spacial score (nSPS) is 19.2. The molecule has 0 aliphatic carbocycles. The van der Waals surface area contributed by atoms with Gasteiger partial charge in [-0.1, -0.05) is 0 Å². The Balaban J connectivity index is 2.11. The molecule has 1 heterocycles. The molecule has 1 aliphatic heterocycles. The van der Waals surface area contributed by atoms with Crippen LogP contribution >= 0.6 is 0 Å². The zero-order chi connectivity index (χ0) is 13.1. The first-order chi connectivity index (χ1) is 8.58. The molecule has 2 amide bonds. The van der Waals surface area contributed by atoms with Crippen LogP contribution in [-0.2, 0) is 4.79 Å². The lowest BCUT2D eigenvalue weighted by atomic mass is 10.1. The van der Waals surface area contributed by atoms with Crippen molar-refractivity contribution < 1.29 is 19.1 Å². The fourth-order valence-corrected chi connectivity index (χ4v) is 1.84. The summed E-state index contributed by atoms with van der Waals surface area (Å²) in [5.41, 5.74) is -0.173. The molecule has 1 atom stereocenters. The van der Waals surface area contributed by atoms with Gasteiger partial charge in [0.25, 0.3) is 5.91 Å². The van der Waals surface area contributed by atoms with Crippen molar-refractivity contribution in [2.45, 2.75) is 18.9 Å². The van der Waals surface area contributed by atoms with Crippen molar-refractivity contribution in [2.75, 3.05) is 6.54 Å². The lowest BCUT2D eigenvalue weighted by molar-refractivity contribution is -0.124. The van der Waals surface area contributed by atoms with E-state index in [1.165, 1.54) is 0 Å². The Morgan fingerprint density at radius 1 is 1.50 bits per heavy atom. The van der Waals surface area contributed by atoms with E-state index in [1.54, 1.807) is 0 Å². The van der Waals surface area contributed by atoms with Gasteiger partial charge >= 0.3 is 0 Å². The Morgan fingerprint density at radius 3 is 3.00 bits per heavy atom. The molecule has 0 saturated carbocycles. The van der Waals surface area contributed by atoms with E-state index in [9.17, 15) is 19.1 Å². The van der Waals surface area contributed by atoms with Crippen molar-refractivity contribution in [1.82, 2.24) is 10.6 Å². The smallest absolute Gasteiger partial charge is 0.255 e. The largest absolute Gasteiger partial charge is 0.507 e. The minimum Gasteiger partial charge on any atom is -0.507 e. The lowest BCUT2D eigenvalue weighted by Crippen LogP contribution is -2.50. The summed E-state index contributed by atoms with van der Waals surface area (Å²) in [5.74, 6) is -1.85. The van der Waals surface area contributed by atoms with Gasteiger partial charge in [0, 0.05) is 6.54 Å². The van der Waals surface area contributed by atoms with Crippen LogP contribution in [0.4, 0.5) is 4.39 Å². The first-order valence-electron chi connectivity index (χ1n) is 5.65. The van der Waals surface area contributed by atoms with Crippen molar-refractivity contribution in [2.24, 2.45) is 0 Å². The minimum absolute atomic E-state index is 0.173. The molecule has 1 aliphatic rings.